The monoisotopic (exact) mass is 329 g/mol. The van der Waals surface area contributed by atoms with Gasteiger partial charge in [-0.15, -0.1) is 0 Å². The largest absolute Gasteiger partial charge is 0.491 e. The molecule has 2 aromatic rings. The number of aromatic nitrogens is 1. The van der Waals surface area contributed by atoms with Crippen molar-refractivity contribution in [2.75, 3.05) is 5.32 Å². The molecule has 0 aliphatic rings. The molecule has 0 aliphatic carbocycles. The van der Waals surface area contributed by atoms with E-state index in [2.05, 4.69) is 10.3 Å². The molecule has 128 valence electrons. The highest BCUT2D eigenvalue weighted by atomic mass is 16.6. The van der Waals surface area contributed by atoms with Crippen LogP contribution in [0.2, 0.25) is 0 Å². The van der Waals surface area contributed by atoms with Gasteiger partial charge in [0.25, 0.3) is 0 Å². The second kappa shape index (κ2) is 8.29. The first-order chi connectivity index (χ1) is 11.5. The molecule has 1 atom stereocenters. The van der Waals surface area contributed by atoms with Crippen molar-refractivity contribution >= 4 is 11.5 Å². The Kier molecular flexibility index (Phi) is 6.12. The molecule has 0 saturated carbocycles. The Morgan fingerprint density at radius 3 is 2.54 bits per heavy atom. The summed E-state index contributed by atoms with van der Waals surface area (Å²) in [7, 11) is 0. The van der Waals surface area contributed by atoms with Crippen LogP contribution in [0.5, 0.6) is 5.75 Å². The topological polar surface area (TPSA) is 77.3 Å². The van der Waals surface area contributed by atoms with Crippen LogP contribution in [0.3, 0.4) is 0 Å². The second-order valence-electron chi connectivity index (χ2n) is 6.02. The summed E-state index contributed by atoms with van der Waals surface area (Å²) in [4.78, 5) is 14.6. The van der Waals surface area contributed by atoms with Crippen LogP contribution in [0.15, 0.2) is 42.6 Å². The first-order valence-corrected chi connectivity index (χ1v) is 8.07. The molecule has 0 radical (unpaired) electrons. The normalized spacial score (nSPS) is 12.0. The third kappa shape index (κ3) is 5.22. The molecule has 0 fully saturated rings. The second-order valence-corrected chi connectivity index (χ2v) is 6.02. The van der Waals surface area contributed by atoms with E-state index < -0.39 is 4.92 Å². The maximum atomic E-state index is 11.0. The van der Waals surface area contributed by atoms with Gasteiger partial charge in [-0.1, -0.05) is 12.1 Å². The molecule has 0 aliphatic heterocycles. The molecular formula is C18H23N3O3. The molecular weight excluding hydrogens is 306 g/mol. The molecule has 2 rings (SSSR count). The zero-order valence-corrected chi connectivity index (χ0v) is 14.2. The summed E-state index contributed by atoms with van der Waals surface area (Å²) in [5.41, 5.74) is 1.20. The van der Waals surface area contributed by atoms with Gasteiger partial charge in [0.05, 0.1) is 11.0 Å². The zero-order chi connectivity index (χ0) is 17.5. The number of hydrogen-bond donors (Lipinski definition) is 1. The molecule has 1 heterocycles. The van der Waals surface area contributed by atoms with Gasteiger partial charge in [-0.2, -0.15) is 0 Å². The lowest BCUT2D eigenvalue weighted by atomic mass is 10.1. The summed E-state index contributed by atoms with van der Waals surface area (Å²) < 4.78 is 5.62. The summed E-state index contributed by atoms with van der Waals surface area (Å²) in [5, 5.41) is 14.1. The quantitative estimate of drug-likeness (QED) is 0.580. The number of pyridine rings is 1. The average molecular weight is 329 g/mol. The van der Waals surface area contributed by atoms with E-state index in [1.54, 1.807) is 12.3 Å². The third-order valence-corrected chi connectivity index (χ3v) is 3.53. The number of rotatable bonds is 8. The number of hydrogen-bond acceptors (Lipinski definition) is 5. The standard InChI is InChI=1S/C18H23N3O3/c1-13(2)24-16-10-8-15(9-11-16)7-6-14(3)20-18-17(21(22)23)5-4-12-19-18/h4-5,8-14H,6-7H2,1-3H3,(H,19,20). The van der Waals surface area contributed by atoms with Gasteiger partial charge in [-0.3, -0.25) is 10.1 Å². The summed E-state index contributed by atoms with van der Waals surface area (Å²) in [5.74, 6) is 1.18. The van der Waals surface area contributed by atoms with Crippen molar-refractivity contribution in [3.05, 3.63) is 58.3 Å². The molecule has 1 aromatic heterocycles. The summed E-state index contributed by atoms with van der Waals surface area (Å²) in [6, 6.07) is 11.1. The van der Waals surface area contributed by atoms with E-state index in [9.17, 15) is 10.1 Å². The number of nitrogens with one attached hydrogen (secondary N) is 1. The summed E-state index contributed by atoms with van der Waals surface area (Å²) in [6.07, 6.45) is 3.43. The molecule has 1 unspecified atom stereocenters. The van der Waals surface area contributed by atoms with Gasteiger partial charge >= 0.3 is 5.69 Å². The van der Waals surface area contributed by atoms with Crippen molar-refractivity contribution in [1.82, 2.24) is 4.98 Å². The predicted octanol–water partition coefficient (Wildman–Crippen LogP) is 4.21. The van der Waals surface area contributed by atoms with E-state index in [0.717, 1.165) is 18.6 Å². The number of nitro groups is 1. The fraction of sp³-hybridized carbons (Fsp3) is 0.389. The molecule has 0 spiro atoms. The van der Waals surface area contributed by atoms with Crippen molar-refractivity contribution in [3.8, 4) is 5.75 Å². The van der Waals surface area contributed by atoms with E-state index in [1.807, 2.05) is 45.0 Å². The van der Waals surface area contributed by atoms with Crippen LogP contribution in [0.4, 0.5) is 11.5 Å². The van der Waals surface area contributed by atoms with Gasteiger partial charge in [-0.25, -0.2) is 4.98 Å². The smallest absolute Gasteiger partial charge is 0.311 e. The van der Waals surface area contributed by atoms with Crippen molar-refractivity contribution < 1.29 is 9.66 Å². The Morgan fingerprint density at radius 1 is 1.21 bits per heavy atom. The van der Waals surface area contributed by atoms with Gasteiger partial charge in [0.1, 0.15) is 5.75 Å². The average Bonchev–Trinajstić information content (AvgIpc) is 2.54. The third-order valence-electron chi connectivity index (χ3n) is 3.53. The van der Waals surface area contributed by atoms with Crippen LogP contribution >= 0.6 is 0 Å². The minimum absolute atomic E-state index is 0.000429. The molecule has 0 bridgehead atoms. The minimum Gasteiger partial charge on any atom is -0.491 e. The minimum atomic E-state index is -0.421. The highest BCUT2D eigenvalue weighted by molar-refractivity contribution is 5.55. The predicted molar refractivity (Wildman–Crippen MR) is 94.5 cm³/mol. The lowest BCUT2D eigenvalue weighted by Crippen LogP contribution is -2.17. The number of benzene rings is 1. The maximum absolute atomic E-state index is 11.0. The Bertz CT molecular complexity index is 671. The van der Waals surface area contributed by atoms with Gasteiger partial charge in [0.2, 0.25) is 5.82 Å². The van der Waals surface area contributed by atoms with Crippen LogP contribution < -0.4 is 10.1 Å². The highest BCUT2D eigenvalue weighted by Gasteiger charge is 2.15. The molecule has 1 aromatic carbocycles. The van der Waals surface area contributed by atoms with E-state index >= 15 is 0 Å². The lowest BCUT2D eigenvalue weighted by molar-refractivity contribution is -0.384. The summed E-state index contributed by atoms with van der Waals surface area (Å²) >= 11 is 0. The first kappa shape index (κ1) is 17.7. The van der Waals surface area contributed by atoms with Crippen molar-refractivity contribution in [1.29, 1.82) is 0 Å². The van der Waals surface area contributed by atoms with Gasteiger partial charge in [0, 0.05) is 18.3 Å². The number of aryl methyl sites for hydroxylation is 1. The van der Waals surface area contributed by atoms with Crippen LogP contribution in [-0.2, 0) is 6.42 Å². The molecule has 24 heavy (non-hydrogen) atoms. The Hall–Kier alpha value is -2.63. The highest BCUT2D eigenvalue weighted by Crippen LogP contribution is 2.22. The molecule has 0 saturated heterocycles. The van der Waals surface area contributed by atoms with E-state index in [0.29, 0.717) is 5.82 Å². The van der Waals surface area contributed by atoms with E-state index in [4.69, 9.17) is 4.74 Å². The van der Waals surface area contributed by atoms with Crippen LogP contribution in [0.1, 0.15) is 32.8 Å². The van der Waals surface area contributed by atoms with Crippen molar-refractivity contribution in [2.45, 2.75) is 45.8 Å². The maximum Gasteiger partial charge on any atom is 0.311 e. The Labute approximate surface area is 142 Å². The van der Waals surface area contributed by atoms with Gasteiger partial charge < -0.3 is 10.1 Å². The van der Waals surface area contributed by atoms with Crippen LogP contribution in [-0.4, -0.2) is 22.1 Å². The lowest BCUT2D eigenvalue weighted by Gasteiger charge is -2.15. The number of ether oxygens (including phenoxy) is 1. The van der Waals surface area contributed by atoms with E-state index in [-0.39, 0.29) is 17.8 Å². The van der Waals surface area contributed by atoms with E-state index in [1.165, 1.54) is 11.6 Å². The molecule has 0 amide bonds. The van der Waals surface area contributed by atoms with Gasteiger partial charge in [-0.05, 0) is 57.4 Å². The van der Waals surface area contributed by atoms with Crippen molar-refractivity contribution in [3.63, 3.8) is 0 Å². The van der Waals surface area contributed by atoms with Crippen LogP contribution in [0.25, 0.3) is 0 Å². The first-order valence-electron chi connectivity index (χ1n) is 8.07. The SMILES string of the molecule is CC(CCc1ccc(OC(C)C)cc1)Nc1ncccc1[N+](=O)[O-]. The van der Waals surface area contributed by atoms with Crippen LogP contribution in [0, 0.1) is 10.1 Å². The summed E-state index contributed by atoms with van der Waals surface area (Å²) in [6.45, 7) is 5.99. The fourth-order valence-corrected chi connectivity index (χ4v) is 2.35. The Morgan fingerprint density at radius 2 is 1.92 bits per heavy atom. The zero-order valence-electron chi connectivity index (χ0n) is 14.2. The van der Waals surface area contributed by atoms with Crippen molar-refractivity contribution in [2.24, 2.45) is 0 Å². The number of nitrogens with zero attached hydrogens (tertiary/aromatic N) is 2. The fourth-order valence-electron chi connectivity index (χ4n) is 2.35. The Balaban J connectivity index is 1.89. The number of anilines is 1. The van der Waals surface area contributed by atoms with Gasteiger partial charge in [0.15, 0.2) is 0 Å². The molecule has 6 heteroatoms. The molecule has 6 nitrogen and oxygen atoms in total. The molecule has 1 N–H and O–H groups in total.